The largest absolute Gasteiger partial charge is 0.398 e. The van der Waals surface area contributed by atoms with E-state index in [9.17, 15) is 0 Å². The second-order valence-electron chi connectivity index (χ2n) is 3.99. The van der Waals surface area contributed by atoms with Gasteiger partial charge in [-0.25, -0.2) is 0 Å². The van der Waals surface area contributed by atoms with E-state index in [1.165, 1.54) is 5.69 Å². The molecule has 0 unspecified atom stereocenters. The van der Waals surface area contributed by atoms with E-state index >= 15 is 0 Å². The van der Waals surface area contributed by atoms with Crippen molar-refractivity contribution in [2.45, 2.75) is 13.3 Å². The second kappa shape index (κ2) is 4.53. The molecule has 82 valence electrons. The number of hydrogen-bond acceptors (Lipinski definition) is 3. The summed E-state index contributed by atoms with van der Waals surface area (Å²) in [6, 6.07) is 6.27. The van der Waals surface area contributed by atoms with E-state index in [-0.39, 0.29) is 0 Å². The standard InChI is InChI=1S/C12H18N2O/c1-10-3-4-11(9-12(10)13)14-5-2-7-15-8-6-14/h3-4,9H,2,5-8,13H2,1H3. The zero-order valence-electron chi connectivity index (χ0n) is 9.20. The van der Waals surface area contributed by atoms with Gasteiger partial charge in [0.05, 0.1) is 6.61 Å². The number of nitrogen functional groups attached to an aromatic ring is 1. The van der Waals surface area contributed by atoms with Gasteiger partial charge in [0, 0.05) is 31.1 Å². The number of hydrogen-bond donors (Lipinski definition) is 1. The molecule has 1 heterocycles. The molecule has 0 amide bonds. The van der Waals surface area contributed by atoms with Crippen molar-refractivity contribution in [2.24, 2.45) is 0 Å². The second-order valence-corrected chi connectivity index (χ2v) is 3.99. The third-order valence-corrected chi connectivity index (χ3v) is 2.85. The minimum absolute atomic E-state index is 0.813. The molecule has 0 atom stereocenters. The fourth-order valence-electron chi connectivity index (χ4n) is 1.83. The van der Waals surface area contributed by atoms with Crippen molar-refractivity contribution in [2.75, 3.05) is 36.9 Å². The van der Waals surface area contributed by atoms with Crippen LogP contribution in [0.15, 0.2) is 18.2 Å². The van der Waals surface area contributed by atoms with E-state index in [1.807, 2.05) is 6.92 Å². The molecule has 1 fully saturated rings. The molecule has 0 radical (unpaired) electrons. The highest BCUT2D eigenvalue weighted by Gasteiger charge is 2.10. The summed E-state index contributed by atoms with van der Waals surface area (Å²) < 4.78 is 5.43. The van der Waals surface area contributed by atoms with E-state index in [0.29, 0.717) is 0 Å². The van der Waals surface area contributed by atoms with Gasteiger partial charge in [0.15, 0.2) is 0 Å². The predicted octanol–water partition coefficient (Wildman–Crippen LogP) is 1.80. The van der Waals surface area contributed by atoms with Gasteiger partial charge in [-0.15, -0.1) is 0 Å². The van der Waals surface area contributed by atoms with Crippen molar-refractivity contribution < 1.29 is 4.74 Å². The number of benzene rings is 1. The molecule has 0 aromatic heterocycles. The molecule has 0 aliphatic carbocycles. The van der Waals surface area contributed by atoms with Gasteiger partial charge in [-0.3, -0.25) is 0 Å². The summed E-state index contributed by atoms with van der Waals surface area (Å²) in [5.41, 5.74) is 9.14. The Morgan fingerprint density at radius 2 is 2.13 bits per heavy atom. The van der Waals surface area contributed by atoms with Crippen LogP contribution in [0.5, 0.6) is 0 Å². The highest BCUT2D eigenvalue weighted by molar-refractivity contribution is 5.59. The first-order valence-corrected chi connectivity index (χ1v) is 5.46. The predicted molar refractivity (Wildman–Crippen MR) is 63.2 cm³/mol. The lowest BCUT2D eigenvalue weighted by molar-refractivity contribution is 0.152. The van der Waals surface area contributed by atoms with Crippen LogP contribution in [0.3, 0.4) is 0 Å². The van der Waals surface area contributed by atoms with Crippen LogP contribution in [0.2, 0.25) is 0 Å². The minimum Gasteiger partial charge on any atom is -0.398 e. The van der Waals surface area contributed by atoms with Gasteiger partial charge in [-0.1, -0.05) is 6.07 Å². The van der Waals surface area contributed by atoms with Crippen molar-refractivity contribution in [3.63, 3.8) is 0 Å². The van der Waals surface area contributed by atoms with Crippen LogP contribution in [-0.2, 0) is 4.74 Å². The summed E-state index contributed by atoms with van der Waals surface area (Å²) in [4.78, 5) is 2.34. The van der Waals surface area contributed by atoms with Crippen molar-refractivity contribution in [3.05, 3.63) is 23.8 Å². The van der Waals surface area contributed by atoms with E-state index in [4.69, 9.17) is 10.5 Å². The molecule has 3 nitrogen and oxygen atoms in total. The summed E-state index contributed by atoms with van der Waals surface area (Å²) in [7, 11) is 0. The number of aryl methyl sites for hydroxylation is 1. The van der Waals surface area contributed by atoms with E-state index < -0.39 is 0 Å². The van der Waals surface area contributed by atoms with Crippen molar-refractivity contribution in [1.82, 2.24) is 0 Å². The Morgan fingerprint density at radius 1 is 1.27 bits per heavy atom. The molecule has 3 heteroatoms. The first kappa shape index (κ1) is 10.3. The molecule has 1 aliphatic heterocycles. The summed E-state index contributed by atoms with van der Waals surface area (Å²) in [5.74, 6) is 0. The van der Waals surface area contributed by atoms with Crippen LogP contribution in [0.4, 0.5) is 11.4 Å². The minimum atomic E-state index is 0.813. The van der Waals surface area contributed by atoms with Crippen LogP contribution < -0.4 is 10.6 Å². The van der Waals surface area contributed by atoms with E-state index in [0.717, 1.165) is 44.0 Å². The lowest BCUT2D eigenvalue weighted by atomic mass is 10.1. The molecular formula is C12H18N2O. The van der Waals surface area contributed by atoms with Crippen LogP contribution in [-0.4, -0.2) is 26.3 Å². The first-order chi connectivity index (χ1) is 7.27. The SMILES string of the molecule is Cc1ccc(N2CCCOCC2)cc1N. The summed E-state index contributed by atoms with van der Waals surface area (Å²) >= 11 is 0. The Hall–Kier alpha value is -1.22. The maximum atomic E-state index is 5.91. The molecule has 1 aromatic carbocycles. The smallest absolute Gasteiger partial charge is 0.0641 e. The number of nitrogens with zero attached hydrogens (tertiary/aromatic N) is 1. The molecule has 1 saturated heterocycles. The molecule has 15 heavy (non-hydrogen) atoms. The number of ether oxygens (including phenoxy) is 1. The average molecular weight is 206 g/mol. The third-order valence-electron chi connectivity index (χ3n) is 2.85. The Bertz CT molecular complexity index is 330. The number of nitrogens with two attached hydrogens (primary N) is 1. The van der Waals surface area contributed by atoms with Crippen LogP contribution in [0, 0.1) is 6.92 Å². The Labute approximate surface area is 90.8 Å². The van der Waals surface area contributed by atoms with Gasteiger partial charge in [-0.05, 0) is 31.0 Å². The Kier molecular flexibility index (Phi) is 3.11. The van der Waals surface area contributed by atoms with Gasteiger partial charge < -0.3 is 15.4 Å². The topological polar surface area (TPSA) is 38.5 Å². The number of rotatable bonds is 1. The molecule has 2 N–H and O–H groups in total. The fraction of sp³-hybridized carbons (Fsp3) is 0.500. The molecule has 0 bridgehead atoms. The molecule has 1 aromatic rings. The highest BCUT2D eigenvalue weighted by Crippen LogP contribution is 2.21. The van der Waals surface area contributed by atoms with Crippen molar-refractivity contribution in [1.29, 1.82) is 0 Å². The van der Waals surface area contributed by atoms with Crippen LogP contribution in [0.1, 0.15) is 12.0 Å². The molecule has 0 saturated carbocycles. The lowest BCUT2D eigenvalue weighted by Crippen LogP contribution is -2.25. The highest BCUT2D eigenvalue weighted by atomic mass is 16.5. The lowest BCUT2D eigenvalue weighted by Gasteiger charge is -2.22. The first-order valence-electron chi connectivity index (χ1n) is 5.46. The van der Waals surface area contributed by atoms with Gasteiger partial charge in [0.25, 0.3) is 0 Å². The summed E-state index contributed by atoms with van der Waals surface area (Å²) in [6.45, 7) is 5.74. The van der Waals surface area contributed by atoms with E-state index in [1.54, 1.807) is 0 Å². The molecule has 2 rings (SSSR count). The normalized spacial score (nSPS) is 17.5. The maximum Gasteiger partial charge on any atom is 0.0641 e. The molecule has 1 aliphatic rings. The van der Waals surface area contributed by atoms with Crippen LogP contribution >= 0.6 is 0 Å². The number of anilines is 2. The summed E-state index contributed by atoms with van der Waals surface area (Å²) in [5, 5.41) is 0. The van der Waals surface area contributed by atoms with E-state index in [2.05, 4.69) is 23.1 Å². The van der Waals surface area contributed by atoms with Crippen LogP contribution in [0.25, 0.3) is 0 Å². The average Bonchev–Trinajstić information content (AvgIpc) is 2.50. The molecule has 0 spiro atoms. The zero-order valence-corrected chi connectivity index (χ0v) is 9.20. The van der Waals surface area contributed by atoms with Gasteiger partial charge >= 0.3 is 0 Å². The van der Waals surface area contributed by atoms with Gasteiger partial charge in [0.2, 0.25) is 0 Å². The third kappa shape index (κ3) is 2.42. The maximum absolute atomic E-state index is 5.91. The fourth-order valence-corrected chi connectivity index (χ4v) is 1.83. The van der Waals surface area contributed by atoms with Crippen molar-refractivity contribution >= 4 is 11.4 Å². The zero-order chi connectivity index (χ0) is 10.7. The van der Waals surface area contributed by atoms with Gasteiger partial charge in [-0.2, -0.15) is 0 Å². The van der Waals surface area contributed by atoms with Gasteiger partial charge in [0.1, 0.15) is 0 Å². The van der Waals surface area contributed by atoms with Crippen molar-refractivity contribution in [3.8, 4) is 0 Å². The quantitative estimate of drug-likeness (QED) is 0.712. The molecular weight excluding hydrogens is 188 g/mol. The Balaban J connectivity index is 2.16. The Morgan fingerprint density at radius 3 is 2.93 bits per heavy atom. The summed E-state index contributed by atoms with van der Waals surface area (Å²) in [6.07, 6.45) is 1.09. The monoisotopic (exact) mass is 206 g/mol.